The average Bonchev–Trinajstić information content (AvgIpc) is 2.62. The van der Waals surface area contributed by atoms with E-state index in [-0.39, 0.29) is 0 Å². The number of rotatable bonds is 19. The van der Waals surface area contributed by atoms with Crippen molar-refractivity contribution >= 4 is 5.97 Å². The van der Waals surface area contributed by atoms with Crippen LogP contribution >= 0.6 is 0 Å². The number of unbranched alkanes of at least 4 members (excludes halogenated alkanes) is 12. The average molecular weight is 363 g/mol. The molecule has 0 spiro atoms. The van der Waals surface area contributed by atoms with Crippen molar-refractivity contribution in [2.45, 2.75) is 110 Å². The number of carbonyl (C=O) groups is 1. The van der Waals surface area contributed by atoms with Crippen LogP contribution in [0.15, 0.2) is 36.5 Å². The summed E-state index contributed by atoms with van der Waals surface area (Å²) in [5.74, 6) is -0.658. The van der Waals surface area contributed by atoms with Gasteiger partial charge in [-0.1, -0.05) is 101 Å². The highest BCUT2D eigenvalue weighted by Crippen LogP contribution is 2.13. The van der Waals surface area contributed by atoms with E-state index in [0.717, 1.165) is 25.7 Å². The zero-order valence-corrected chi connectivity index (χ0v) is 17.1. The number of carboxylic acids is 1. The molecule has 26 heavy (non-hydrogen) atoms. The highest BCUT2D eigenvalue weighted by Gasteiger charge is 1.96. The molecule has 0 amide bonds. The summed E-state index contributed by atoms with van der Waals surface area (Å²) < 4.78 is 0. The zero-order valence-electron chi connectivity index (χ0n) is 17.1. The molecule has 0 radical (unpaired) electrons. The summed E-state index contributed by atoms with van der Waals surface area (Å²) in [6.45, 7) is 2.06. The molecular formula is C24H42O2. The maximum absolute atomic E-state index is 10.4. The van der Waals surface area contributed by atoms with E-state index in [1.54, 1.807) is 0 Å². The van der Waals surface area contributed by atoms with E-state index in [1.165, 1.54) is 70.6 Å². The van der Waals surface area contributed by atoms with Crippen molar-refractivity contribution in [3.05, 3.63) is 36.5 Å². The van der Waals surface area contributed by atoms with E-state index in [4.69, 9.17) is 5.11 Å². The Morgan fingerprint density at radius 1 is 0.615 bits per heavy atom. The number of hydrogen-bond acceptors (Lipinski definition) is 1. The van der Waals surface area contributed by atoms with E-state index < -0.39 is 5.97 Å². The lowest BCUT2D eigenvalue weighted by Crippen LogP contribution is -1.93. The van der Waals surface area contributed by atoms with Gasteiger partial charge in [0.15, 0.2) is 0 Å². The van der Waals surface area contributed by atoms with Crippen LogP contribution in [0.1, 0.15) is 110 Å². The van der Waals surface area contributed by atoms with Crippen molar-refractivity contribution in [2.24, 2.45) is 0 Å². The first-order valence-corrected chi connectivity index (χ1v) is 10.9. The van der Waals surface area contributed by atoms with Gasteiger partial charge in [0.05, 0.1) is 0 Å². The van der Waals surface area contributed by atoms with Crippen LogP contribution < -0.4 is 0 Å². The molecule has 0 aromatic heterocycles. The molecule has 0 rings (SSSR count). The summed E-state index contributed by atoms with van der Waals surface area (Å²) in [7, 11) is 0. The minimum Gasteiger partial charge on any atom is -0.481 e. The molecule has 0 bridgehead atoms. The summed E-state index contributed by atoms with van der Waals surface area (Å²) in [6, 6.07) is 0. The van der Waals surface area contributed by atoms with Crippen molar-refractivity contribution in [2.75, 3.05) is 0 Å². The van der Waals surface area contributed by atoms with Crippen LogP contribution in [-0.2, 0) is 4.79 Å². The van der Waals surface area contributed by atoms with Gasteiger partial charge in [0.1, 0.15) is 0 Å². The molecule has 2 heteroatoms. The van der Waals surface area contributed by atoms with E-state index in [2.05, 4.69) is 43.4 Å². The molecule has 0 saturated carbocycles. The van der Waals surface area contributed by atoms with Crippen molar-refractivity contribution < 1.29 is 9.90 Å². The molecule has 0 atom stereocenters. The fourth-order valence-corrected chi connectivity index (χ4v) is 3.01. The van der Waals surface area contributed by atoms with E-state index in [1.807, 2.05) is 0 Å². The summed E-state index contributed by atoms with van der Waals surface area (Å²) in [5, 5.41) is 8.56. The minimum absolute atomic E-state index is 0.337. The lowest BCUT2D eigenvalue weighted by atomic mass is 10.0. The van der Waals surface area contributed by atoms with Gasteiger partial charge < -0.3 is 5.11 Å². The SMILES string of the molecule is CC=CCC=CCC=CCCCCCCCCCCCCCCC(=O)O. The predicted octanol–water partition coefficient (Wildman–Crippen LogP) is 8.00. The van der Waals surface area contributed by atoms with Crippen molar-refractivity contribution in [1.29, 1.82) is 0 Å². The topological polar surface area (TPSA) is 37.3 Å². The van der Waals surface area contributed by atoms with Gasteiger partial charge in [-0.2, -0.15) is 0 Å². The number of hydrogen-bond donors (Lipinski definition) is 1. The Kier molecular flexibility index (Phi) is 20.6. The van der Waals surface area contributed by atoms with Gasteiger partial charge >= 0.3 is 5.97 Å². The molecule has 0 aliphatic carbocycles. The van der Waals surface area contributed by atoms with E-state index in [0.29, 0.717) is 6.42 Å². The van der Waals surface area contributed by atoms with Crippen LogP contribution in [0.25, 0.3) is 0 Å². The Balaban J connectivity index is 3.13. The Morgan fingerprint density at radius 2 is 1.04 bits per heavy atom. The van der Waals surface area contributed by atoms with Gasteiger partial charge in [0.25, 0.3) is 0 Å². The summed E-state index contributed by atoms with van der Waals surface area (Å²) in [4.78, 5) is 10.4. The molecular weight excluding hydrogens is 320 g/mol. The lowest BCUT2D eigenvalue weighted by molar-refractivity contribution is -0.137. The first-order valence-electron chi connectivity index (χ1n) is 10.9. The normalized spacial score (nSPS) is 12.0. The number of aliphatic carboxylic acids is 1. The minimum atomic E-state index is -0.658. The lowest BCUT2D eigenvalue weighted by Gasteiger charge is -2.02. The fraction of sp³-hybridized carbons (Fsp3) is 0.708. The summed E-state index contributed by atoms with van der Waals surface area (Å²) >= 11 is 0. The zero-order chi connectivity index (χ0) is 19.1. The standard InChI is InChI=1S/C24H42O2/c1-2-3-4-5-6-7-8-9-10-11-12-13-14-15-16-17-18-19-20-21-22-23-24(25)26/h2-3,5-6,8-9H,4,7,10-23H2,1H3,(H,25,26). The molecule has 0 aliphatic heterocycles. The molecule has 1 N–H and O–H groups in total. The van der Waals surface area contributed by atoms with Gasteiger partial charge in [-0.15, -0.1) is 0 Å². The van der Waals surface area contributed by atoms with Gasteiger partial charge in [-0.3, -0.25) is 4.79 Å². The largest absolute Gasteiger partial charge is 0.481 e. The van der Waals surface area contributed by atoms with Crippen LogP contribution in [0.5, 0.6) is 0 Å². The quantitative estimate of drug-likeness (QED) is 0.187. The maximum atomic E-state index is 10.4. The van der Waals surface area contributed by atoms with Crippen molar-refractivity contribution in [3.63, 3.8) is 0 Å². The number of allylic oxidation sites excluding steroid dienone is 6. The second-order valence-corrected chi connectivity index (χ2v) is 7.16. The third-order valence-electron chi connectivity index (χ3n) is 4.62. The second kappa shape index (κ2) is 21.7. The third kappa shape index (κ3) is 22.7. The molecule has 0 fully saturated rings. The Morgan fingerprint density at radius 3 is 1.54 bits per heavy atom. The molecule has 2 nitrogen and oxygen atoms in total. The Hall–Kier alpha value is -1.31. The van der Waals surface area contributed by atoms with E-state index in [9.17, 15) is 4.79 Å². The first-order chi connectivity index (χ1) is 12.8. The summed E-state index contributed by atoms with van der Waals surface area (Å²) in [6.07, 6.45) is 32.3. The molecule has 0 heterocycles. The van der Waals surface area contributed by atoms with Crippen LogP contribution in [0.2, 0.25) is 0 Å². The van der Waals surface area contributed by atoms with Gasteiger partial charge in [-0.05, 0) is 39.0 Å². The maximum Gasteiger partial charge on any atom is 0.303 e. The highest BCUT2D eigenvalue weighted by atomic mass is 16.4. The molecule has 0 unspecified atom stereocenters. The van der Waals surface area contributed by atoms with Crippen LogP contribution in [-0.4, -0.2) is 11.1 Å². The van der Waals surface area contributed by atoms with Crippen molar-refractivity contribution in [3.8, 4) is 0 Å². The summed E-state index contributed by atoms with van der Waals surface area (Å²) in [5.41, 5.74) is 0. The highest BCUT2D eigenvalue weighted by molar-refractivity contribution is 5.66. The van der Waals surface area contributed by atoms with Crippen LogP contribution in [0.4, 0.5) is 0 Å². The van der Waals surface area contributed by atoms with Crippen molar-refractivity contribution in [1.82, 2.24) is 0 Å². The van der Waals surface area contributed by atoms with Gasteiger partial charge in [0.2, 0.25) is 0 Å². The van der Waals surface area contributed by atoms with Gasteiger partial charge in [0, 0.05) is 6.42 Å². The predicted molar refractivity (Wildman–Crippen MR) is 115 cm³/mol. The van der Waals surface area contributed by atoms with Crippen LogP contribution in [0, 0.1) is 0 Å². The molecule has 0 aliphatic rings. The molecule has 0 aromatic rings. The molecule has 150 valence electrons. The smallest absolute Gasteiger partial charge is 0.303 e. The fourth-order valence-electron chi connectivity index (χ4n) is 3.01. The van der Waals surface area contributed by atoms with Crippen LogP contribution in [0.3, 0.4) is 0 Å². The number of carboxylic acid groups (broad SMARTS) is 1. The molecule has 0 saturated heterocycles. The third-order valence-corrected chi connectivity index (χ3v) is 4.62. The molecule has 0 aromatic carbocycles. The first kappa shape index (κ1) is 24.7. The Labute approximate surface area is 162 Å². The monoisotopic (exact) mass is 362 g/mol. The van der Waals surface area contributed by atoms with E-state index >= 15 is 0 Å². The van der Waals surface area contributed by atoms with Gasteiger partial charge in [-0.25, -0.2) is 0 Å². The second-order valence-electron chi connectivity index (χ2n) is 7.16. The Bertz CT molecular complexity index is 380.